The molecule has 0 radical (unpaired) electrons. The minimum Gasteiger partial charge on any atom is -0.135 e. The molecule has 5 aromatic carbocycles. The fraction of sp³-hybridized carbons (Fsp3) is 0.0625. The van der Waals surface area contributed by atoms with Crippen molar-refractivity contribution < 1.29 is 0 Å². The maximum Gasteiger partial charge on any atom is 0.0726 e. The SMILES string of the molecule is Cc1ccc2c(c1)C1(c3ccccc3-c3ccccc31)c1ccc3c(sc4ccccc43)c1-2. The van der Waals surface area contributed by atoms with Gasteiger partial charge in [0.25, 0.3) is 0 Å². The number of hydrogen-bond acceptors (Lipinski definition) is 1. The molecule has 0 amide bonds. The van der Waals surface area contributed by atoms with Crippen LogP contribution in [0.25, 0.3) is 42.4 Å². The van der Waals surface area contributed by atoms with Crippen LogP contribution in [0.3, 0.4) is 0 Å². The van der Waals surface area contributed by atoms with Crippen molar-refractivity contribution in [3.63, 3.8) is 0 Å². The minimum atomic E-state index is -0.256. The Morgan fingerprint density at radius 1 is 0.545 bits per heavy atom. The Hall–Kier alpha value is -3.68. The second kappa shape index (κ2) is 6.01. The maximum absolute atomic E-state index is 2.44. The second-order valence-corrected chi connectivity index (χ2v) is 10.4. The molecule has 0 saturated carbocycles. The van der Waals surface area contributed by atoms with Crippen molar-refractivity contribution in [1.82, 2.24) is 0 Å². The molecule has 8 rings (SSSR count). The van der Waals surface area contributed by atoms with E-state index in [2.05, 4.69) is 110 Å². The number of thiophene rings is 1. The van der Waals surface area contributed by atoms with Crippen LogP contribution in [0.1, 0.15) is 27.8 Å². The molecule has 0 N–H and O–H groups in total. The highest BCUT2D eigenvalue weighted by Crippen LogP contribution is 2.64. The van der Waals surface area contributed by atoms with E-state index in [4.69, 9.17) is 0 Å². The molecule has 0 atom stereocenters. The smallest absolute Gasteiger partial charge is 0.0726 e. The molecule has 154 valence electrons. The van der Waals surface area contributed by atoms with Gasteiger partial charge >= 0.3 is 0 Å². The van der Waals surface area contributed by atoms with Crippen LogP contribution >= 0.6 is 11.3 Å². The summed E-state index contributed by atoms with van der Waals surface area (Å²) in [6.07, 6.45) is 0. The van der Waals surface area contributed by atoms with Gasteiger partial charge in [-0.15, -0.1) is 11.3 Å². The largest absolute Gasteiger partial charge is 0.135 e. The molecule has 1 heteroatoms. The van der Waals surface area contributed by atoms with Crippen molar-refractivity contribution in [2.24, 2.45) is 0 Å². The van der Waals surface area contributed by atoms with Crippen molar-refractivity contribution >= 4 is 31.5 Å². The van der Waals surface area contributed by atoms with Crippen LogP contribution in [-0.2, 0) is 5.41 Å². The molecule has 33 heavy (non-hydrogen) atoms. The van der Waals surface area contributed by atoms with E-state index >= 15 is 0 Å². The fourth-order valence-electron chi connectivity index (χ4n) is 6.52. The zero-order valence-electron chi connectivity index (χ0n) is 18.2. The Morgan fingerprint density at radius 3 is 2.03 bits per heavy atom. The van der Waals surface area contributed by atoms with Crippen molar-refractivity contribution in [3.05, 3.63) is 131 Å². The van der Waals surface area contributed by atoms with Gasteiger partial charge in [0.15, 0.2) is 0 Å². The van der Waals surface area contributed by atoms with E-state index in [1.807, 2.05) is 11.3 Å². The monoisotopic (exact) mass is 436 g/mol. The molecule has 0 nitrogen and oxygen atoms in total. The van der Waals surface area contributed by atoms with Crippen molar-refractivity contribution in [2.75, 3.05) is 0 Å². The first-order valence-corrected chi connectivity index (χ1v) is 12.4. The summed E-state index contributed by atoms with van der Waals surface area (Å²) in [5.41, 5.74) is 12.3. The molecule has 0 fully saturated rings. The van der Waals surface area contributed by atoms with Crippen molar-refractivity contribution in [2.45, 2.75) is 12.3 Å². The van der Waals surface area contributed by atoms with E-state index in [1.54, 1.807) is 0 Å². The van der Waals surface area contributed by atoms with E-state index in [1.165, 1.54) is 70.2 Å². The standard InChI is InChI=1S/C32H20S/c1-19-14-15-24-28(18-19)32(25-11-5-2-8-20(25)21-9-3-6-12-26(21)32)27-17-16-23-22-10-4-7-13-29(22)33-31(23)30(24)27/h2-18H,1H3. The van der Waals surface area contributed by atoms with E-state index in [0.29, 0.717) is 0 Å². The molecule has 0 aliphatic heterocycles. The molecule has 0 unspecified atom stereocenters. The molecule has 0 bridgehead atoms. The summed E-state index contributed by atoms with van der Waals surface area (Å²) in [6, 6.07) is 38.8. The average molecular weight is 437 g/mol. The zero-order valence-corrected chi connectivity index (χ0v) is 19.0. The zero-order chi connectivity index (χ0) is 21.7. The van der Waals surface area contributed by atoms with Crippen molar-refractivity contribution in [3.8, 4) is 22.3 Å². The number of rotatable bonds is 0. The number of hydrogen-bond donors (Lipinski definition) is 0. The summed E-state index contributed by atoms with van der Waals surface area (Å²) >= 11 is 1.94. The summed E-state index contributed by atoms with van der Waals surface area (Å²) < 4.78 is 2.78. The van der Waals surface area contributed by atoms with Crippen LogP contribution in [0.5, 0.6) is 0 Å². The highest BCUT2D eigenvalue weighted by Gasteiger charge is 2.52. The van der Waals surface area contributed by atoms with Gasteiger partial charge in [-0.1, -0.05) is 103 Å². The van der Waals surface area contributed by atoms with Gasteiger partial charge in [-0.25, -0.2) is 0 Å². The van der Waals surface area contributed by atoms with Gasteiger partial charge < -0.3 is 0 Å². The summed E-state index contributed by atoms with van der Waals surface area (Å²) in [6.45, 7) is 2.22. The lowest BCUT2D eigenvalue weighted by Crippen LogP contribution is -2.25. The fourth-order valence-corrected chi connectivity index (χ4v) is 7.78. The molecule has 1 aromatic heterocycles. The van der Waals surface area contributed by atoms with Crippen LogP contribution in [0.15, 0.2) is 103 Å². The molecule has 1 spiro atoms. The highest BCUT2D eigenvalue weighted by molar-refractivity contribution is 7.26. The predicted octanol–water partition coefficient (Wildman–Crippen LogP) is 8.71. The Labute approximate surface area is 196 Å². The summed E-state index contributed by atoms with van der Waals surface area (Å²) in [7, 11) is 0. The Kier molecular flexibility index (Phi) is 3.24. The molecular formula is C32H20S. The third kappa shape index (κ3) is 1.99. The topological polar surface area (TPSA) is 0 Å². The molecule has 6 aromatic rings. The highest BCUT2D eigenvalue weighted by atomic mass is 32.1. The third-order valence-electron chi connectivity index (χ3n) is 7.75. The Balaban J connectivity index is 1.63. The molecule has 0 saturated heterocycles. The average Bonchev–Trinajstić information content (AvgIpc) is 3.47. The van der Waals surface area contributed by atoms with Crippen molar-refractivity contribution in [1.29, 1.82) is 0 Å². The molecule has 2 aliphatic carbocycles. The summed E-state index contributed by atoms with van der Waals surface area (Å²) in [4.78, 5) is 0. The maximum atomic E-state index is 2.44. The van der Waals surface area contributed by atoms with Gasteiger partial charge in [0.1, 0.15) is 0 Å². The van der Waals surface area contributed by atoms with Gasteiger partial charge in [0, 0.05) is 25.7 Å². The molecule has 2 aliphatic rings. The van der Waals surface area contributed by atoms with Crippen LogP contribution in [0.2, 0.25) is 0 Å². The second-order valence-electron chi connectivity index (χ2n) is 9.35. The summed E-state index contributed by atoms with van der Waals surface area (Å²) in [5, 5.41) is 2.74. The van der Waals surface area contributed by atoms with Gasteiger partial charge in [0.2, 0.25) is 0 Å². The van der Waals surface area contributed by atoms with E-state index in [0.717, 1.165) is 0 Å². The van der Waals surface area contributed by atoms with Crippen LogP contribution in [-0.4, -0.2) is 0 Å². The number of fused-ring (bicyclic) bond motifs is 14. The van der Waals surface area contributed by atoms with Gasteiger partial charge in [-0.05, 0) is 51.9 Å². The van der Waals surface area contributed by atoms with Gasteiger partial charge in [0.05, 0.1) is 5.41 Å². The lowest BCUT2D eigenvalue weighted by molar-refractivity contribution is 0.793. The quantitative estimate of drug-likeness (QED) is 0.223. The minimum absolute atomic E-state index is 0.256. The first-order chi connectivity index (χ1) is 16.3. The van der Waals surface area contributed by atoms with Crippen LogP contribution in [0.4, 0.5) is 0 Å². The number of benzene rings is 5. The lowest BCUT2D eigenvalue weighted by Gasteiger charge is -2.30. The number of aryl methyl sites for hydroxylation is 1. The van der Waals surface area contributed by atoms with E-state index < -0.39 is 0 Å². The Morgan fingerprint density at radius 2 is 1.24 bits per heavy atom. The predicted molar refractivity (Wildman–Crippen MR) is 140 cm³/mol. The lowest BCUT2D eigenvalue weighted by atomic mass is 9.70. The normalized spacial score (nSPS) is 14.5. The van der Waals surface area contributed by atoms with Crippen LogP contribution < -0.4 is 0 Å². The summed E-state index contributed by atoms with van der Waals surface area (Å²) in [5.74, 6) is 0. The van der Waals surface area contributed by atoms with E-state index in [-0.39, 0.29) is 5.41 Å². The van der Waals surface area contributed by atoms with Gasteiger partial charge in [-0.2, -0.15) is 0 Å². The molecule has 1 heterocycles. The third-order valence-corrected chi connectivity index (χ3v) is 8.96. The first kappa shape index (κ1) is 17.8. The Bertz CT molecular complexity index is 1740. The first-order valence-electron chi connectivity index (χ1n) is 11.5. The molecular weight excluding hydrogens is 416 g/mol. The van der Waals surface area contributed by atoms with E-state index in [9.17, 15) is 0 Å². The van der Waals surface area contributed by atoms with Gasteiger partial charge in [-0.3, -0.25) is 0 Å². The van der Waals surface area contributed by atoms with Crippen LogP contribution in [0, 0.1) is 6.92 Å².